The van der Waals surface area contributed by atoms with E-state index in [9.17, 15) is 0 Å². The van der Waals surface area contributed by atoms with Crippen LogP contribution < -0.4 is 5.73 Å². The van der Waals surface area contributed by atoms with Gasteiger partial charge in [-0.3, -0.25) is 0 Å². The van der Waals surface area contributed by atoms with E-state index in [1.165, 1.54) is 29.5 Å². The third kappa shape index (κ3) is 2.48. The number of unbranched alkanes of at least 4 members (excludes halogenated alkanes) is 1. The van der Waals surface area contributed by atoms with Crippen LogP contribution in [0.25, 0.3) is 0 Å². The molecule has 1 rings (SSSR count). The van der Waals surface area contributed by atoms with Gasteiger partial charge in [0.25, 0.3) is 0 Å². The summed E-state index contributed by atoms with van der Waals surface area (Å²) in [6.45, 7) is 6.43. The first kappa shape index (κ1) is 10.1. The van der Waals surface area contributed by atoms with E-state index in [1.54, 1.807) is 0 Å². The molecule has 0 aromatic heterocycles. The molecule has 0 radical (unpaired) electrons. The summed E-state index contributed by atoms with van der Waals surface area (Å²) in [5.74, 6) is 0. The summed E-state index contributed by atoms with van der Waals surface area (Å²) in [5, 5.41) is 0. The summed E-state index contributed by atoms with van der Waals surface area (Å²) in [5.41, 5.74) is 10.8. The highest BCUT2D eigenvalue weighted by atomic mass is 14.6. The Morgan fingerprint density at radius 2 is 1.92 bits per heavy atom. The molecule has 0 aliphatic carbocycles. The third-order valence-electron chi connectivity index (χ3n) is 2.50. The van der Waals surface area contributed by atoms with Crippen LogP contribution >= 0.6 is 0 Å². The summed E-state index contributed by atoms with van der Waals surface area (Å²) in [6.07, 6.45) is 3.66. The molecule has 1 heteroatoms. The van der Waals surface area contributed by atoms with Gasteiger partial charge >= 0.3 is 0 Å². The Morgan fingerprint density at radius 1 is 1.23 bits per heavy atom. The van der Waals surface area contributed by atoms with Crippen molar-refractivity contribution >= 4 is 5.69 Å². The fourth-order valence-electron chi connectivity index (χ4n) is 1.59. The van der Waals surface area contributed by atoms with Gasteiger partial charge in [0.2, 0.25) is 0 Å². The lowest BCUT2D eigenvalue weighted by Crippen LogP contribution is -1.97. The standard InChI is InChI=1S/C12H19N/c1-4-5-6-11-7-9(2)8-12(13)10(11)3/h7-8H,4-6,13H2,1-3H3. The zero-order chi connectivity index (χ0) is 9.84. The molecule has 0 spiro atoms. The molecule has 1 nitrogen and oxygen atoms in total. The lowest BCUT2D eigenvalue weighted by Gasteiger charge is -2.09. The Bertz CT molecular complexity index is 289. The minimum absolute atomic E-state index is 0.936. The van der Waals surface area contributed by atoms with Crippen LogP contribution in [0.15, 0.2) is 12.1 Å². The average molecular weight is 177 g/mol. The molecule has 72 valence electrons. The van der Waals surface area contributed by atoms with Gasteiger partial charge in [0.15, 0.2) is 0 Å². The largest absolute Gasteiger partial charge is 0.398 e. The summed E-state index contributed by atoms with van der Waals surface area (Å²) < 4.78 is 0. The van der Waals surface area contributed by atoms with Gasteiger partial charge in [-0.15, -0.1) is 0 Å². The van der Waals surface area contributed by atoms with E-state index in [0.717, 1.165) is 12.1 Å². The predicted molar refractivity (Wildman–Crippen MR) is 58.9 cm³/mol. The first-order valence-corrected chi connectivity index (χ1v) is 5.00. The summed E-state index contributed by atoms with van der Waals surface area (Å²) >= 11 is 0. The number of benzene rings is 1. The maximum Gasteiger partial charge on any atom is 0.0349 e. The zero-order valence-electron chi connectivity index (χ0n) is 8.85. The summed E-state index contributed by atoms with van der Waals surface area (Å²) in [6, 6.07) is 4.30. The van der Waals surface area contributed by atoms with E-state index in [2.05, 4.69) is 26.8 Å². The van der Waals surface area contributed by atoms with Crippen LogP contribution in [0.1, 0.15) is 36.5 Å². The van der Waals surface area contributed by atoms with Crippen LogP contribution in [0.3, 0.4) is 0 Å². The van der Waals surface area contributed by atoms with Gasteiger partial charge in [-0.2, -0.15) is 0 Å². The molecule has 1 aromatic carbocycles. The Morgan fingerprint density at radius 3 is 2.54 bits per heavy atom. The Balaban J connectivity index is 2.92. The molecule has 0 heterocycles. The van der Waals surface area contributed by atoms with Crippen LogP contribution in [-0.2, 0) is 6.42 Å². The number of aryl methyl sites for hydroxylation is 2. The van der Waals surface area contributed by atoms with Crippen molar-refractivity contribution in [1.82, 2.24) is 0 Å². The second-order valence-electron chi connectivity index (χ2n) is 3.74. The molecule has 0 saturated heterocycles. The second-order valence-corrected chi connectivity index (χ2v) is 3.74. The van der Waals surface area contributed by atoms with Crippen molar-refractivity contribution in [2.75, 3.05) is 5.73 Å². The average Bonchev–Trinajstić information content (AvgIpc) is 2.09. The lowest BCUT2D eigenvalue weighted by atomic mass is 9.99. The molecule has 0 unspecified atom stereocenters. The van der Waals surface area contributed by atoms with Crippen molar-refractivity contribution in [1.29, 1.82) is 0 Å². The molecule has 13 heavy (non-hydrogen) atoms. The quantitative estimate of drug-likeness (QED) is 0.705. The molecule has 0 amide bonds. The monoisotopic (exact) mass is 177 g/mol. The van der Waals surface area contributed by atoms with Crippen molar-refractivity contribution in [3.63, 3.8) is 0 Å². The smallest absolute Gasteiger partial charge is 0.0349 e. The first-order chi connectivity index (χ1) is 6.15. The number of nitrogens with two attached hydrogens (primary N) is 1. The highest BCUT2D eigenvalue weighted by molar-refractivity contribution is 5.52. The van der Waals surface area contributed by atoms with E-state index in [-0.39, 0.29) is 0 Å². The molecular formula is C12H19N. The van der Waals surface area contributed by atoms with Crippen LogP contribution in [-0.4, -0.2) is 0 Å². The Labute approximate surface area is 81.0 Å². The third-order valence-corrected chi connectivity index (χ3v) is 2.50. The van der Waals surface area contributed by atoms with Crippen molar-refractivity contribution in [2.45, 2.75) is 40.0 Å². The Hall–Kier alpha value is -0.980. The fraction of sp³-hybridized carbons (Fsp3) is 0.500. The van der Waals surface area contributed by atoms with E-state index in [0.29, 0.717) is 0 Å². The van der Waals surface area contributed by atoms with E-state index in [4.69, 9.17) is 5.73 Å². The number of hydrogen-bond donors (Lipinski definition) is 1. The van der Waals surface area contributed by atoms with Gasteiger partial charge in [-0.05, 0) is 49.4 Å². The fourth-order valence-corrected chi connectivity index (χ4v) is 1.59. The normalized spacial score (nSPS) is 10.4. The van der Waals surface area contributed by atoms with E-state index < -0.39 is 0 Å². The minimum atomic E-state index is 0.936. The number of hydrogen-bond acceptors (Lipinski definition) is 1. The molecular weight excluding hydrogens is 158 g/mol. The topological polar surface area (TPSA) is 26.0 Å². The number of rotatable bonds is 3. The SMILES string of the molecule is CCCCc1cc(C)cc(N)c1C. The first-order valence-electron chi connectivity index (χ1n) is 5.00. The van der Waals surface area contributed by atoms with Crippen molar-refractivity contribution < 1.29 is 0 Å². The number of nitrogen functional groups attached to an aromatic ring is 1. The highest BCUT2D eigenvalue weighted by Crippen LogP contribution is 2.20. The van der Waals surface area contributed by atoms with E-state index in [1.807, 2.05) is 6.07 Å². The molecule has 0 aliphatic heterocycles. The van der Waals surface area contributed by atoms with Gasteiger partial charge in [-0.25, -0.2) is 0 Å². The summed E-state index contributed by atoms with van der Waals surface area (Å²) in [4.78, 5) is 0. The van der Waals surface area contributed by atoms with Crippen LogP contribution in [0.5, 0.6) is 0 Å². The van der Waals surface area contributed by atoms with Crippen molar-refractivity contribution in [2.24, 2.45) is 0 Å². The van der Waals surface area contributed by atoms with Gasteiger partial charge in [0.05, 0.1) is 0 Å². The van der Waals surface area contributed by atoms with Crippen molar-refractivity contribution in [3.8, 4) is 0 Å². The maximum atomic E-state index is 5.89. The van der Waals surface area contributed by atoms with Gasteiger partial charge < -0.3 is 5.73 Å². The zero-order valence-corrected chi connectivity index (χ0v) is 8.85. The molecule has 0 saturated carbocycles. The predicted octanol–water partition coefficient (Wildman–Crippen LogP) is 3.23. The van der Waals surface area contributed by atoms with E-state index >= 15 is 0 Å². The molecule has 0 bridgehead atoms. The van der Waals surface area contributed by atoms with Crippen molar-refractivity contribution in [3.05, 3.63) is 28.8 Å². The molecule has 1 aromatic rings. The van der Waals surface area contributed by atoms with Crippen LogP contribution in [0.2, 0.25) is 0 Å². The maximum absolute atomic E-state index is 5.89. The molecule has 0 aliphatic rings. The summed E-state index contributed by atoms with van der Waals surface area (Å²) in [7, 11) is 0. The Kier molecular flexibility index (Phi) is 3.35. The van der Waals surface area contributed by atoms with Gasteiger partial charge in [0.1, 0.15) is 0 Å². The molecule has 0 atom stereocenters. The number of anilines is 1. The lowest BCUT2D eigenvalue weighted by molar-refractivity contribution is 0.791. The minimum Gasteiger partial charge on any atom is -0.398 e. The second kappa shape index (κ2) is 4.31. The van der Waals surface area contributed by atoms with Gasteiger partial charge in [-0.1, -0.05) is 19.4 Å². The van der Waals surface area contributed by atoms with Gasteiger partial charge in [0, 0.05) is 5.69 Å². The molecule has 0 fully saturated rings. The molecule has 2 N–H and O–H groups in total. The van der Waals surface area contributed by atoms with Crippen LogP contribution in [0, 0.1) is 13.8 Å². The highest BCUT2D eigenvalue weighted by Gasteiger charge is 2.02. The van der Waals surface area contributed by atoms with Crippen LogP contribution in [0.4, 0.5) is 5.69 Å².